The van der Waals surface area contributed by atoms with Crippen LogP contribution in [0.2, 0.25) is 5.02 Å². The average molecular weight is 399 g/mol. The molecule has 0 spiro atoms. The summed E-state index contributed by atoms with van der Waals surface area (Å²) < 4.78 is 50.0. The molecule has 144 valence electrons. The fraction of sp³-hybridized carbons (Fsp3) is 0.421. The Kier molecular flexibility index (Phi) is 4.80. The van der Waals surface area contributed by atoms with E-state index in [4.69, 9.17) is 21.1 Å². The van der Waals surface area contributed by atoms with Crippen LogP contribution >= 0.6 is 11.6 Å². The highest BCUT2D eigenvalue weighted by molar-refractivity contribution is 6.33. The second-order valence-electron chi connectivity index (χ2n) is 6.64. The van der Waals surface area contributed by atoms with Crippen LogP contribution in [0.5, 0.6) is 11.5 Å². The summed E-state index contributed by atoms with van der Waals surface area (Å²) in [5.41, 5.74) is 0.164. The van der Waals surface area contributed by atoms with Gasteiger partial charge in [-0.2, -0.15) is 13.2 Å². The number of ether oxygens (including phenoxy) is 2. The third kappa shape index (κ3) is 3.65. The molecule has 1 fully saturated rings. The predicted molar refractivity (Wildman–Crippen MR) is 95.6 cm³/mol. The zero-order chi connectivity index (χ0) is 19.0. The van der Waals surface area contributed by atoms with Crippen molar-refractivity contribution in [3.8, 4) is 11.5 Å². The molecule has 2 aromatic rings. The van der Waals surface area contributed by atoms with E-state index < -0.39 is 11.7 Å². The number of benzene rings is 1. The summed E-state index contributed by atoms with van der Waals surface area (Å²) in [5, 5.41) is 0.00562. The van der Waals surface area contributed by atoms with E-state index in [1.165, 1.54) is 0 Å². The Hall–Kier alpha value is -2.15. The van der Waals surface area contributed by atoms with Gasteiger partial charge in [-0.25, -0.2) is 4.98 Å². The van der Waals surface area contributed by atoms with Crippen molar-refractivity contribution in [3.63, 3.8) is 0 Å². The van der Waals surface area contributed by atoms with Crippen molar-refractivity contribution in [2.24, 2.45) is 0 Å². The van der Waals surface area contributed by atoms with Crippen LogP contribution < -0.4 is 14.4 Å². The number of nitrogens with zero attached hydrogens (tertiary/aromatic N) is 2. The summed E-state index contributed by atoms with van der Waals surface area (Å²) in [5.74, 6) is 1.79. The largest absolute Gasteiger partial charge is 0.490 e. The minimum atomic E-state index is -4.46. The van der Waals surface area contributed by atoms with Gasteiger partial charge in [-0.15, -0.1) is 0 Å². The van der Waals surface area contributed by atoms with E-state index in [0.29, 0.717) is 37.1 Å². The Balaban J connectivity index is 1.64. The minimum Gasteiger partial charge on any atom is -0.490 e. The molecule has 27 heavy (non-hydrogen) atoms. The second kappa shape index (κ2) is 7.11. The van der Waals surface area contributed by atoms with E-state index in [0.717, 1.165) is 37.1 Å². The summed E-state index contributed by atoms with van der Waals surface area (Å²) in [6.45, 7) is 1.89. The molecule has 4 rings (SSSR count). The van der Waals surface area contributed by atoms with E-state index in [1.54, 1.807) is 0 Å². The highest BCUT2D eigenvalue weighted by atomic mass is 35.5. The van der Waals surface area contributed by atoms with Crippen molar-refractivity contribution in [2.45, 2.75) is 31.5 Å². The van der Waals surface area contributed by atoms with Gasteiger partial charge in [-0.3, -0.25) is 0 Å². The topological polar surface area (TPSA) is 34.6 Å². The Morgan fingerprint density at radius 2 is 1.85 bits per heavy atom. The Morgan fingerprint density at radius 1 is 1.07 bits per heavy atom. The molecule has 1 aromatic carbocycles. The standard InChI is InChI=1S/C19H18ClF3N2O2/c20-14-10-13(19(21,22)23)11-24-18(14)25-6-1-3-15(25)12-4-5-16-17(9-12)27-8-2-7-26-16/h4-5,9-11,15H,1-3,6-8H2. The van der Waals surface area contributed by atoms with Gasteiger partial charge in [0.25, 0.3) is 0 Å². The second-order valence-corrected chi connectivity index (χ2v) is 7.04. The van der Waals surface area contributed by atoms with Crippen LogP contribution in [0.25, 0.3) is 0 Å². The van der Waals surface area contributed by atoms with Crippen LogP contribution in [0, 0.1) is 0 Å². The van der Waals surface area contributed by atoms with Crippen molar-refractivity contribution >= 4 is 17.4 Å². The molecule has 4 nitrogen and oxygen atoms in total. The molecule has 3 heterocycles. The van der Waals surface area contributed by atoms with Crippen LogP contribution in [0.4, 0.5) is 19.0 Å². The highest BCUT2D eigenvalue weighted by Crippen LogP contribution is 2.42. The van der Waals surface area contributed by atoms with Crippen LogP contribution in [0.15, 0.2) is 30.5 Å². The molecule has 0 aliphatic carbocycles. The van der Waals surface area contributed by atoms with E-state index in [9.17, 15) is 13.2 Å². The van der Waals surface area contributed by atoms with E-state index in [-0.39, 0.29) is 11.1 Å². The van der Waals surface area contributed by atoms with Crippen molar-refractivity contribution in [2.75, 3.05) is 24.7 Å². The molecule has 0 radical (unpaired) electrons. The van der Waals surface area contributed by atoms with Gasteiger partial charge in [0.05, 0.1) is 29.8 Å². The maximum atomic E-state index is 12.9. The molecule has 1 aromatic heterocycles. The summed E-state index contributed by atoms with van der Waals surface area (Å²) in [6.07, 6.45) is -1.04. The fourth-order valence-corrected chi connectivity index (χ4v) is 3.83. The van der Waals surface area contributed by atoms with Crippen molar-refractivity contribution in [3.05, 3.63) is 46.6 Å². The Labute approximate surface area is 159 Å². The maximum Gasteiger partial charge on any atom is 0.417 e. The number of aromatic nitrogens is 1. The minimum absolute atomic E-state index is 0.00562. The first kappa shape index (κ1) is 18.2. The van der Waals surface area contributed by atoms with E-state index in [1.807, 2.05) is 23.1 Å². The predicted octanol–water partition coefficient (Wildman–Crippen LogP) is 5.26. The van der Waals surface area contributed by atoms with Crippen LogP contribution in [0.1, 0.15) is 36.4 Å². The molecular weight excluding hydrogens is 381 g/mol. The van der Waals surface area contributed by atoms with Gasteiger partial charge >= 0.3 is 6.18 Å². The lowest BCUT2D eigenvalue weighted by atomic mass is 10.0. The zero-order valence-corrected chi connectivity index (χ0v) is 15.2. The number of anilines is 1. The summed E-state index contributed by atoms with van der Waals surface area (Å²) in [6, 6.07) is 6.71. The monoisotopic (exact) mass is 398 g/mol. The molecule has 0 saturated carbocycles. The first-order chi connectivity index (χ1) is 12.9. The highest BCUT2D eigenvalue weighted by Gasteiger charge is 2.34. The molecule has 0 bridgehead atoms. The number of rotatable bonds is 2. The number of alkyl halides is 3. The first-order valence-electron chi connectivity index (χ1n) is 8.82. The normalized spacial score (nSPS) is 19.9. The number of pyridine rings is 1. The van der Waals surface area contributed by atoms with Crippen LogP contribution in [-0.2, 0) is 6.18 Å². The third-order valence-corrected chi connectivity index (χ3v) is 5.11. The molecule has 8 heteroatoms. The summed E-state index contributed by atoms with van der Waals surface area (Å²) in [4.78, 5) is 5.98. The third-order valence-electron chi connectivity index (χ3n) is 4.83. The lowest BCUT2D eigenvalue weighted by molar-refractivity contribution is -0.137. The lowest BCUT2D eigenvalue weighted by Gasteiger charge is -2.27. The van der Waals surface area contributed by atoms with Crippen molar-refractivity contribution in [1.29, 1.82) is 0 Å². The van der Waals surface area contributed by atoms with Gasteiger partial charge in [-0.05, 0) is 36.6 Å². The number of hydrogen-bond acceptors (Lipinski definition) is 4. The van der Waals surface area contributed by atoms with E-state index in [2.05, 4.69) is 4.98 Å². The lowest BCUT2D eigenvalue weighted by Crippen LogP contribution is -2.24. The zero-order valence-electron chi connectivity index (χ0n) is 14.4. The average Bonchev–Trinajstić information content (AvgIpc) is 2.99. The van der Waals surface area contributed by atoms with Gasteiger partial charge < -0.3 is 14.4 Å². The molecule has 1 atom stereocenters. The number of fused-ring (bicyclic) bond motifs is 1. The van der Waals surface area contributed by atoms with Gasteiger partial charge in [0, 0.05) is 19.2 Å². The van der Waals surface area contributed by atoms with Gasteiger partial charge in [0.2, 0.25) is 0 Å². The van der Waals surface area contributed by atoms with Gasteiger partial charge in [0.1, 0.15) is 5.82 Å². The molecule has 1 saturated heterocycles. The molecule has 0 N–H and O–H groups in total. The molecule has 0 amide bonds. The SMILES string of the molecule is FC(F)(F)c1cnc(N2CCCC2c2ccc3c(c2)OCCCO3)c(Cl)c1. The molecule has 2 aliphatic rings. The molecular formula is C19H18ClF3N2O2. The Morgan fingerprint density at radius 3 is 2.59 bits per heavy atom. The van der Waals surface area contributed by atoms with Crippen molar-refractivity contribution < 1.29 is 22.6 Å². The van der Waals surface area contributed by atoms with Crippen molar-refractivity contribution in [1.82, 2.24) is 4.98 Å². The number of halogens is 4. The Bertz CT molecular complexity index is 844. The smallest absolute Gasteiger partial charge is 0.417 e. The van der Waals surface area contributed by atoms with Gasteiger partial charge in [0.15, 0.2) is 11.5 Å². The summed E-state index contributed by atoms with van der Waals surface area (Å²) >= 11 is 6.16. The fourth-order valence-electron chi connectivity index (χ4n) is 3.55. The molecule has 1 unspecified atom stereocenters. The van der Waals surface area contributed by atoms with E-state index >= 15 is 0 Å². The summed E-state index contributed by atoms with van der Waals surface area (Å²) in [7, 11) is 0. The van der Waals surface area contributed by atoms with Crippen LogP contribution in [-0.4, -0.2) is 24.7 Å². The maximum absolute atomic E-state index is 12.9. The van der Waals surface area contributed by atoms with Crippen LogP contribution in [0.3, 0.4) is 0 Å². The first-order valence-corrected chi connectivity index (χ1v) is 9.20. The molecule has 2 aliphatic heterocycles. The van der Waals surface area contributed by atoms with Gasteiger partial charge in [-0.1, -0.05) is 17.7 Å². The quantitative estimate of drug-likeness (QED) is 0.691. The number of hydrogen-bond donors (Lipinski definition) is 0.